The van der Waals surface area contributed by atoms with Crippen molar-refractivity contribution in [1.29, 1.82) is 5.26 Å². The molecule has 4 heterocycles. The van der Waals surface area contributed by atoms with Gasteiger partial charge in [0.15, 0.2) is 11.4 Å². The van der Waals surface area contributed by atoms with Gasteiger partial charge in [0, 0.05) is 41.4 Å². The Balaban J connectivity index is 1.43. The van der Waals surface area contributed by atoms with Crippen LogP contribution in [0.3, 0.4) is 0 Å². The lowest BCUT2D eigenvalue weighted by atomic mass is 9.84. The molecule has 2 unspecified atom stereocenters. The summed E-state index contributed by atoms with van der Waals surface area (Å²) in [5.41, 5.74) is 1.23. The lowest BCUT2D eigenvalue weighted by Crippen LogP contribution is -2.58. The topological polar surface area (TPSA) is 102 Å². The molecule has 1 aromatic carbocycles. The minimum atomic E-state index is -0.318. The minimum absolute atomic E-state index is 0.0513. The Morgan fingerprint density at radius 3 is 2.69 bits per heavy atom. The monoisotopic (exact) mass is 493 g/mol. The van der Waals surface area contributed by atoms with Crippen LogP contribution in [-0.4, -0.2) is 70.3 Å². The highest BCUT2D eigenvalue weighted by Gasteiger charge is 2.44. The van der Waals surface area contributed by atoms with E-state index < -0.39 is 0 Å². The van der Waals surface area contributed by atoms with Crippen LogP contribution in [-0.2, 0) is 9.47 Å². The molecule has 35 heavy (non-hydrogen) atoms. The molecule has 2 aliphatic rings. The van der Waals surface area contributed by atoms with Crippen molar-refractivity contribution in [3.63, 3.8) is 0 Å². The fourth-order valence-corrected chi connectivity index (χ4v) is 5.26. The number of hydrogen-bond acceptors (Lipinski definition) is 8. The van der Waals surface area contributed by atoms with Crippen molar-refractivity contribution >= 4 is 28.8 Å². The highest BCUT2D eigenvalue weighted by Crippen LogP contribution is 2.34. The highest BCUT2D eigenvalue weighted by molar-refractivity contribution is 7.98. The van der Waals surface area contributed by atoms with Gasteiger partial charge in [-0.2, -0.15) is 5.26 Å². The van der Waals surface area contributed by atoms with Crippen molar-refractivity contribution in [2.75, 3.05) is 32.6 Å². The van der Waals surface area contributed by atoms with Crippen molar-refractivity contribution in [3.8, 4) is 17.8 Å². The van der Waals surface area contributed by atoms with E-state index in [2.05, 4.69) is 22.1 Å². The molecule has 0 radical (unpaired) electrons. The van der Waals surface area contributed by atoms with E-state index in [9.17, 15) is 10.1 Å². The standard InChI is InChI=1S/C25H27N5O4S/c1-15(2)33-25(31)29-10-17-12-32-13-18(11-29)22(17)34-24-20(9-26)23(27-14-28-24)30-7-6-16-8-19(35-3)4-5-21(16)30/h4-8,14-15,17-18,22H,10-13H2,1-3H3. The van der Waals surface area contributed by atoms with Crippen LogP contribution >= 0.6 is 11.8 Å². The number of aromatic nitrogens is 3. The maximum Gasteiger partial charge on any atom is 0.410 e. The number of thioether (sulfide) groups is 1. The molecule has 1 amide bonds. The number of fused-ring (bicyclic) bond motifs is 3. The number of amides is 1. The molecule has 10 heteroatoms. The zero-order chi connectivity index (χ0) is 24.5. The maximum atomic E-state index is 12.5. The molecule has 0 saturated carbocycles. The molecule has 182 valence electrons. The van der Waals surface area contributed by atoms with Gasteiger partial charge in [-0.1, -0.05) is 0 Å². The van der Waals surface area contributed by atoms with E-state index in [1.54, 1.807) is 16.7 Å². The van der Waals surface area contributed by atoms with Crippen LogP contribution < -0.4 is 4.74 Å². The van der Waals surface area contributed by atoms with E-state index in [1.165, 1.54) is 11.2 Å². The van der Waals surface area contributed by atoms with Crippen LogP contribution in [0.15, 0.2) is 41.7 Å². The Kier molecular flexibility index (Phi) is 6.54. The smallest absolute Gasteiger partial charge is 0.410 e. The predicted octanol–water partition coefficient (Wildman–Crippen LogP) is 3.88. The zero-order valence-corrected chi connectivity index (χ0v) is 20.7. The van der Waals surface area contributed by atoms with E-state index >= 15 is 0 Å². The third-order valence-electron chi connectivity index (χ3n) is 6.38. The van der Waals surface area contributed by atoms with Gasteiger partial charge in [0.1, 0.15) is 18.5 Å². The van der Waals surface area contributed by atoms with Crippen LogP contribution in [0.25, 0.3) is 16.7 Å². The number of nitriles is 1. The van der Waals surface area contributed by atoms with Crippen molar-refractivity contribution in [3.05, 3.63) is 42.4 Å². The van der Waals surface area contributed by atoms with Crippen LogP contribution in [0.5, 0.6) is 5.88 Å². The summed E-state index contributed by atoms with van der Waals surface area (Å²) < 4.78 is 19.4. The predicted molar refractivity (Wildman–Crippen MR) is 131 cm³/mol. The summed E-state index contributed by atoms with van der Waals surface area (Å²) in [4.78, 5) is 24.1. The second-order valence-corrected chi connectivity index (χ2v) is 9.96. The van der Waals surface area contributed by atoms with Crippen molar-refractivity contribution in [2.24, 2.45) is 11.8 Å². The number of hydrogen-bond donors (Lipinski definition) is 0. The van der Waals surface area contributed by atoms with E-state index in [0.29, 0.717) is 32.1 Å². The molecule has 0 aliphatic carbocycles. The summed E-state index contributed by atoms with van der Waals surface area (Å²) in [6.07, 6.45) is 4.65. The number of ether oxygens (including phenoxy) is 3. The Bertz CT molecular complexity index is 1270. The summed E-state index contributed by atoms with van der Waals surface area (Å²) in [7, 11) is 0. The fraction of sp³-hybridized carbons (Fsp3) is 0.440. The quantitative estimate of drug-likeness (QED) is 0.494. The van der Waals surface area contributed by atoms with Gasteiger partial charge in [-0.05, 0) is 44.4 Å². The molecule has 2 aromatic heterocycles. The van der Waals surface area contributed by atoms with Crippen molar-refractivity contribution in [1.82, 2.24) is 19.4 Å². The van der Waals surface area contributed by atoms with Crippen molar-refractivity contribution < 1.29 is 19.0 Å². The molecule has 3 aromatic rings. The number of carbonyl (C=O) groups excluding carboxylic acids is 1. The molecule has 2 bridgehead atoms. The molecule has 0 spiro atoms. The van der Waals surface area contributed by atoms with Crippen molar-refractivity contribution in [2.45, 2.75) is 31.0 Å². The highest BCUT2D eigenvalue weighted by atomic mass is 32.2. The summed E-state index contributed by atoms with van der Waals surface area (Å²) in [6, 6.07) is 10.4. The summed E-state index contributed by atoms with van der Waals surface area (Å²) in [6.45, 7) is 5.53. The first-order chi connectivity index (χ1) is 17.0. The minimum Gasteiger partial charge on any atom is -0.472 e. The zero-order valence-electron chi connectivity index (χ0n) is 19.9. The van der Waals surface area contributed by atoms with Gasteiger partial charge in [-0.15, -0.1) is 11.8 Å². The number of piperidine rings is 1. The average Bonchev–Trinajstić information content (AvgIpc) is 3.26. The number of rotatable bonds is 5. The van der Waals surface area contributed by atoms with Crippen LogP contribution in [0.4, 0.5) is 4.79 Å². The fourth-order valence-electron chi connectivity index (χ4n) is 4.81. The lowest BCUT2D eigenvalue weighted by molar-refractivity contribution is -0.111. The van der Waals surface area contributed by atoms with Gasteiger partial charge < -0.3 is 19.1 Å². The molecule has 2 fully saturated rings. The first kappa shape index (κ1) is 23.5. The third-order valence-corrected chi connectivity index (χ3v) is 7.10. The van der Waals surface area contributed by atoms with Gasteiger partial charge in [0.05, 0.1) is 24.8 Å². The lowest BCUT2D eigenvalue weighted by Gasteiger charge is -2.45. The molecule has 9 nitrogen and oxygen atoms in total. The molecular formula is C25H27N5O4S. The third kappa shape index (κ3) is 4.54. The Hall–Kier alpha value is -3.29. The van der Waals surface area contributed by atoms with Gasteiger partial charge in [-0.3, -0.25) is 4.57 Å². The van der Waals surface area contributed by atoms with E-state index in [0.717, 1.165) is 10.9 Å². The number of benzene rings is 1. The summed E-state index contributed by atoms with van der Waals surface area (Å²) in [5, 5.41) is 11.1. The number of carbonyl (C=O) groups is 1. The maximum absolute atomic E-state index is 12.5. The Labute approximate surface area is 208 Å². The van der Waals surface area contributed by atoms with Crippen LogP contribution in [0, 0.1) is 23.2 Å². The Morgan fingerprint density at radius 2 is 2.00 bits per heavy atom. The largest absolute Gasteiger partial charge is 0.472 e. The Morgan fingerprint density at radius 1 is 1.23 bits per heavy atom. The molecular weight excluding hydrogens is 466 g/mol. The van der Waals surface area contributed by atoms with Crippen LogP contribution in [0.2, 0.25) is 0 Å². The van der Waals surface area contributed by atoms with E-state index in [4.69, 9.17) is 14.2 Å². The SMILES string of the molecule is CSc1ccc2c(ccn2-c2ncnc(OC3C4COCC3CN(C(=O)OC(C)C)C4)c2C#N)c1. The van der Waals surface area contributed by atoms with E-state index in [1.807, 2.05) is 49.1 Å². The summed E-state index contributed by atoms with van der Waals surface area (Å²) in [5.74, 6) is 0.623. The first-order valence-electron chi connectivity index (χ1n) is 11.6. The second-order valence-electron chi connectivity index (χ2n) is 9.08. The van der Waals surface area contributed by atoms with Gasteiger partial charge in [-0.25, -0.2) is 14.8 Å². The average molecular weight is 494 g/mol. The van der Waals surface area contributed by atoms with Gasteiger partial charge in [0.25, 0.3) is 0 Å². The molecule has 2 atom stereocenters. The second kappa shape index (κ2) is 9.76. The van der Waals surface area contributed by atoms with E-state index in [-0.39, 0.29) is 41.6 Å². The molecule has 2 aliphatic heterocycles. The number of likely N-dealkylation sites (tertiary alicyclic amines) is 1. The van der Waals surface area contributed by atoms with Gasteiger partial charge in [0.2, 0.25) is 5.88 Å². The molecule has 2 saturated heterocycles. The van der Waals surface area contributed by atoms with Gasteiger partial charge >= 0.3 is 6.09 Å². The molecule has 0 N–H and O–H groups in total. The number of nitrogens with zero attached hydrogens (tertiary/aromatic N) is 5. The first-order valence-corrected chi connectivity index (χ1v) is 12.8. The molecule has 5 rings (SSSR count). The normalized spacial score (nSPS) is 21.7. The summed E-state index contributed by atoms with van der Waals surface area (Å²) >= 11 is 1.68. The van der Waals surface area contributed by atoms with Crippen LogP contribution in [0.1, 0.15) is 19.4 Å².